The number of hydrogen-bond donors (Lipinski definition) is 0. The number of likely N-dealkylation sites (N-methyl/N-ethyl adjacent to an activating group) is 1. The van der Waals surface area contributed by atoms with E-state index in [1.165, 1.54) is 4.57 Å². The molecular formula is C9H17IN4O2. The molecule has 0 spiro atoms. The second-order valence-corrected chi connectivity index (χ2v) is 4.66. The third kappa shape index (κ3) is 4.44. The molecule has 0 atom stereocenters. The first kappa shape index (κ1) is 15.3. The first-order valence-electron chi connectivity index (χ1n) is 4.77. The Labute approximate surface area is 112 Å². The van der Waals surface area contributed by atoms with Crippen LogP contribution < -0.4 is 24.0 Å². The lowest BCUT2D eigenvalue weighted by Gasteiger charge is -2.22. The minimum atomic E-state index is -0.463. The number of nitrogens with zero attached hydrogens (tertiary/aromatic N) is 4. The molecule has 7 heteroatoms. The lowest BCUT2D eigenvalue weighted by Crippen LogP contribution is -3.00. The van der Waals surface area contributed by atoms with E-state index in [1.807, 2.05) is 0 Å². The van der Waals surface area contributed by atoms with Gasteiger partial charge in [-0.2, -0.15) is 0 Å². The molecule has 0 amide bonds. The molecule has 0 aliphatic rings. The average Bonchev–Trinajstić information content (AvgIpc) is 2.42. The summed E-state index contributed by atoms with van der Waals surface area (Å²) in [6, 6.07) is 0. The van der Waals surface area contributed by atoms with Crippen molar-refractivity contribution in [1.82, 2.24) is 9.55 Å². The minimum absolute atomic E-state index is 0. The molecule has 16 heavy (non-hydrogen) atoms. The van der Waals surface area contributed by atoms with Crippen molar-refractivity contribution < 1.29 is 33.4 Å². The fourth-order valence-corrected chi connectivity index (χ4v) is 1.26. The van der Waals surface area contributed by atoms with Gasteiger partial charge in [0.25, 0.3) is 0 Å². The number of rotatable bonds is 4. The van der Waals surface area contributed by atoms with E-state index >= 15 is 0 Å². The summed E-state index contributed by atoms with van der Waals surface area (Å²) in [6.07, 6.45) is 2.47. The molecule has 1 aromatic heterocycles. The Balaban J connectivity index is 0.00000225. The van der Waals surface area contributed by atoms with Gasteiger partial charge in [0.15, 0.2) is 5.69 Å². The Bertz CT molecular complexity index is 370. The van der Waals surface area contributed by atoms with Crippen LogP contribution in [0.3, 0.4) is 0 Å². The Kier molecular flexibility index (Phi) is 5.33. The normalized spacial score (nSPS) is 11.0. The molecule has 0 fully saturated rings. The van der Waals surface area contributed by atoms with Gasteiger partial charge in [-0.25, -0.2) is 4.57 Å². The number of imidazole rings is 1. The maximum absolute atomic E-state index is 10.6. The van der Waals surface area contributed by atoms with Crippen LogP contribution in [0.4, 0.5) is 5.95 Å². The van der Waals surface area contributed by atoms with Crippen LogP contribution in [0.1, 0.15) is 5.69 Å². The number of nitro groups is 1. The molecule has 0 aliphatic carbocycles. The lowest BCUT2D eigenvalue weighted by molar-refractivity contribution is -0.870. The van der Waals surface area contributed by atoms with Crippen LogP contribution in [0.5, 0.6) is 0 Å². The highest BCUT2D eigenvalue weighted by atomic mass is 127. The van der Waals surface area contributed by atoms with Crippen LogP contribution in [0.15, 0.2) is 6.20 Å². The minimum Gasteiger partial charge on any atom is -1.00 e. The van der Waals surface area contributed by atoms with Gasteiger partial charge >= 0.3 is 5.95 Å². The van der Waals surface area contributed by atoms with Gasteiger partial charge in [-0.15, -0.1) is 0 Å². The van der Waals surface area contributed by atoms with Gasteiger partial charge in [-0.3, -0.25) is 0 Å². The summed E-state index contributed by atoms with van der Waals surface area (Å²) in [5.74, 6) is -0.0913. The molecule has 0 saturated heterocycles. The second-order valence-electron chi connectivity index (χ2n) is 4.66. The summed E-state index contributed by atoms with van der Waals surface area (Å²) < 4.78 is 2.27. The fourth-order valence-electron chi connectivity index (χ4n) is 1.26. The molecule has 1 heterocycles. The summed E-state index contributed by atoms with van der Waals surface area (Å²) in [5.41, 5.74) is 0.775. The highest BCUT2D eigenvalue weighted by Crippen LogP contribution is 2.10. The first-order valence-corrected chi connectivity index (χ1v) is 4.77. The Morgan fingerprint density at radius 1 is 1.50 bits per heavy atom. The molecule has 0 N–H and O–H groups in total. The SMILES string of the molecule is Cn1cc(CC[N+](C)(C)C)nc1[N+](=O)[O-].[I-]. The monoisotopic (exact) mass is 340 g/mol. The summed E-state index contributed by atoms with van der Waals surface area (Å²) in [6.45, 7) is 0.911. The molecule has 6 nitrogen and oxygen atoms in total. The highest BCUT2D eigenvalue weighted by molar-refractivity contribution is 5.13. The Morgan fingerprint density at radius 2 is 2.06 bits per heavy atom. The number of halogens is 1. The van der Waals surface area contributed by atoms with Crippen LogP contribution in [0.2, 0.25) is 0 Å². The van der Waals surface area contributed by atoms with Crippen molar-refractivity contribution in [3.63, 3.8) is 0 Å². The standard InChI is InChI=1S/C9H17N4O2.HI/c1-11-7-8(5-6-13(2,3)4)10-9(11)12(14)15;/h7H,5-6H2,1-4H3;1H/q+1;/p-1. The van der Waals surface area contributed by atoms with E-state index in [-0.39, 0.29) is 29.9 Å². The largest absolute Gasteiger partial charge is 1.00 e. The average molecular weight is 340 g/mol. The summed E-state index contributed by atoms with van der Waals surface area (Å²) in [5, 5.41) is 10.6. The Hall–Kier alpha value is -0.700. The predicted octanol–water partition coefficient (Wildman–Crippen LogP) is -2.42. The van der Waals surface area contributed by atoms with E-state index in [4.69, 9.17) is 0 Å². The number of quaternary nitrogens is 1. The van der Waals surface area contributed by atoms with Crippen molar-refractivity contribution in [2.75, 3.05) is 27.7 Å². The van der Waals surface area contributed by atoms with Crippen LogP contribution >= 0.6 is 0 Å². The number of hydrogen-bond acceptors (Lipinski definition) is 3. The molecule has 0 radical (unpaired) electrons. The molecule has 0 aliphatic heterocycles. The quantitative estimate of drug-likeness (QED) is 0.265. The highest BCUT2D eigenvalue weighted by Gasteiger charge is 2.18. The Morgan fingerprint density at radius 3 is 2.44 bits per heavy atom. The first-order chi connectivity index (χ1) is 6.79. The molecule has 0 bridgehead atoms. The summed E-state index contributed by atoms with van der Waals surface area (Å²) in [4.78, 5) is 14.1. The zero-order valence-electron chi connectivity index (χ0n) is 9.97. The maximum Gasteiger partial charge on any atom is 0.434 e. The van der Waals surface area contributed by atoms with Gasteiger partial charge in [-0.05, 0) is 4.92 Å². The van der Waals surface area contributed by atoms with E-state index in [0.717, 1.165) is 23.1 Å². The second kappa shape index (κ2) is 5.58. The van der Waals surface area contributed by atoms with Crippen LogP contribution in [-0.4, -0.2) is 46.6 Å². The molecule has 0 unspecified atom stereocenters. The summed E-state index contributed by atoms with van der Waals surface area (Å²) in [7, 11) is 7.88. The molecule has 1 aromatic rings. The zero-order chi connectivity index (χ0) is 11.6. The topological polar surface area (TPSA) is 61.0 Å². The van der Waals surface area contributed by atoms with Crippen LogP contribution in [0, 0.1) is 10.1 Å². The van der Waals surface area contributed by atoms with Gasteiger partial charge < -0.3 is 38.6 Å². The van der Waals surface area contributed by atoms with E-state index in [9.17, 15) is 10.1 Å². The van der Waals surface area contributed by atoms with E-state index in [2.05, 4.69) is 26.1 Å². The van der Waals surface area contributed by atoms with E-state index < -0.39 is 4.92 Å². The van der Waals surface area contributed by atoms with Crippen LogP contribution in [0.25, 0.3) is 0 Å². The van der Waals surface area contributed by atoms with Gasteiger partial charge in [0, 0.05) is 0 Å². The maximum atomic E-state index is 10.6. The number of aryl methyl sites for hydroxylation is 1. The molecule has 92 valence electrons. The molecule has 1 rings (SSSR count). The van der Waals surface area contributed by atoms with Crippen molar-refractivity contribution in [1.29, 1.82) is 0 Å². The van der Waals surface area contributed by atoms with Gasteiger partial charge in [0.1, 0.15) is 6.20 Å². The third-order valence-corrected chi connectivity index (χ3v) is 2.10. The molecular weight excluding hydrogens is 323 g/mol. The molecule has 0 saturated carbocycles. The van der Waals surface area contributed by atoms with Crippen molar-refractivity contribution in [2.45, 2.75) is 6.42 Å². The van der Waals surface area contributed by atoms with Gasteiger partial charge in [0.2, 0.25) is 0 Å². The van der Waals surface area contributed by atoms with Crippen molar-refractivity contribution in [3.8, 4) is 0 Å². The fraction of sp³-hybridized carbons (Fsp3) is 0.667. The van der Waals surface area contributed by atoms with Crippen molar-refractivity contribution in [2.24, 2.45) is 7.05 Å². The van der Waals surface area contributed by atoms with Crippen molar-refractivity contribution >= 4 is 5.95 Å². The smallest absolute Gasteiger partial charge is 0.434 e. The zero-order valence-corrected chi connectivity index (χ0v) is 12.1. The summed E-state index contributed by atoms with van der Waals surface area (Å²) >= 11 is 0. The van der Waals surface area contributed by atoms with E-state index in [1.54, 1.807) is 13.2 Å². The van der Waals surface area contributed by atoms with E-state index in [0.29, 0.717) is 0 Å². The van der Waals surface area contributed by atoms with Crippen LogP contribution in [-0.2, 0) is 13.5 Å². The number of aromatic nitrogens is 2. The van der Waals surface area contributed by atoms with Gasteiger partial charge in [0.05, 0.1) is 41.2 Å². The van der Waals surface area contributed by atoms with Gasteiger partial charge in [-0.1, -0.05) is 4.98 Å². The lowest BCUT2D eigenvalue weighted by atomic mass is 10.3. The van der Waals surface area contributed by atoms with Crippen molar-refractivity contribution in [3.05, 3.63) is 22.0 Å². The third-order valence-electron chi connectivity index (χ3n) is 2.10. The molecule has 0 aromatic carbocycles. The predicted molar refractivity (Wildman–Crippen MR) is 56.5 cm³/mol.